The van der Waals surface area contributed by atoms with Crippen LogP contribution in [-0.4, -0.2) is 13.4 Å². The van der Waals surface area contributed by atoms with Gasteiger partial charge in [0.1, 0.15) is 0 Å². The van der Waals surface area contributed by atoms with Gasteiger partial charge in [-0.1, -0.05) is 9.95 Å². The quantitative estimate of drug-likeness (QED) is 0.626. The van der Waals surface area contributed by atoms with Gasteiger partial charge < -0.3 is 0 Å². The molecule has 1 rings (SSSR count). The average molecular weight is 189 g/mol. The van der Waals surface area contributed by atoms with Gasteiger partial charge in [0.15, 0.2) is 5.03 Å². The van der Waals surface area contributed by atoms with Crippen LogP contribution in [0, 0.1) is 13.8 Å². The summed E-state index contributed by atoms with van der Waals surface area (Å²) in [4.78, 5) is 3.49. The molecule has 1 heterocycles. The molecule has 0 saturated carbocycles. The third-order valence-corrected chi connectivity index (χ3v) is 2.29. The summed E-state index contributed by atoms with van der Waals surface area (Å²) in [6.45, 7) is 3.26. The van der Waals surface area contributed by atoms with E-state index in [1.54, 1.807) is 13.0 Å². The molecular weight excluding hydrogens is 181 g/mol. The first kappa shape index (κ1) is 9.12. The number of rotatable bonds is 1. The molecule has 0 spiro atoms. The van der Waals surface area contributed by atoms with E-state index >= 15 is 0 Å². The van der Waals surface area contributed by atoms with Gasteiger partial charge >= 0.3 is 10.2 Å². The second kappa shape index (κ2) is 2.82. The van der Waals surface area contributed by atoms with Crippen LogP contribution in [0.3, 0.4) is 0 Å². The molecule has 0 saturated heterocycles. The molecule has 3 nitrogen and oxygen atoms in total. The van der Waals surface area contributed by atoms with Gasteiger partial charge in [0.25, 0.3) is 0 Å². The van der Waals surface area contributed by atoms with Crippen molar-refractivity contribution in [3.63, 3.8) is 0 Å². The Labute approximate surface area is 70.5 Å². The summed E-state index contributed by atoms with van der Waals surface area (Å²) in [6.07, 6.45) is 1.32. The van der Waals surface area contributed by atoms with E-state index in [9.17, 15) is 12.3 Å². The molecule has 0 aliphatic heterocycles. The van der Waals surface area contributed by atoms with Crippen molar-refractivity contribution < 1.29 is 12.3 Å². The Morgan fingerprint density at radius 3 is 2.42 bits per heavy atom. The van der Waals surface area contributed by atoms with Crippen LogP contribution in [0.4, 0.5) is 3.89 Å². The maximum atomic E-state index is 12.4. The first-order chi connectivity index (χ1) is 5.41. The summed E-state index contributed by atoms with van der Waals surface area (Å²) in [5, 5.41) is -0.492. The van der Waals surface area contributed by atoms with Crippen LogP contribution < -0.4 is 0 Å². The molecule has 0 unspecified atom stereocenters. The fourth-order valence-electron chi connectivity index (χ4n) is 0.958. The maximum Gasteiger partial charge on any atom is 0.349 e. The van der Waals surface area contributed by atoms with Crippen molar-refractivity contribution in [3.8, 4) is 0 Å². The Bertz CT molecular complexity index is 400. The summed E-state index contributed by atoms with van der Waals surface area (Å²) < 4.78 is 33.3. The van der Waals surface area contributed by atoms with Crippen LogP contribution in [0.1, 0.15) is 11.1 Å². The van der Waals surface area contributed by atoms with Gasteiger partial charge in [-0.15, -0.1) is 0 Å². The van der Waals surface area contributed by atoms with Crippen molar-refractivity contribution >= 4 is 10.2 Å². The number of hydrogen-bond donors (Lipinski definition) is 0. The summed E-state index contributed by atoms with van der Waals surface area (Å²) in [5.74, 6) is 0. The molecule has 0 aromatic carbocycles. The zero-order valence-electron chi connectivity index (χ0n) is 6.70. The Morgan fingerprint density at radius 2 is 2.00 bits per heavy atom. The molecule has 0 fully saturated rings. The lowest BCUT2D eigenvalue weighted by atomic mass is 10.2. The first-order valence-corrected chi connectivity index (χ1v) is 4.67. The highest BCUT2D eigenvalue weighted by Crippen LogP contribution is 2.14. The summed E-state index contributed by atoms with van der Waals surface area (Å²) in [5.41, 5.74) is 1.14. The summed E-state index contributed by atoms with van der Waals surface area (Å²) in [7, 11) is -4.66. The lowest BCUT2D eigenvalue weighted by molar-refractivity contribution is 0.547. The molecule has 12 heavy (non-hydrogen) atoms. The van der Waals surface area contributed by atoms with E-state index in [1.807, 2.05) is 0 Å². The van der Waals surface area contributed by atoms with Crippen molar-refractivity contribution in [2.75, 3.05) is 0 Å². The highest BCUT2D eigenvalue weighted by Gasteiger charge is 2.16. The van der Waals surface area contributed by atoms with Crippen LogP contribution in [-0.2, 0) is 10.2 Å². The van der Waals surface area contributed by atoms with Crippen LogP contribution in [0.2, 0.25) is 0 Å². The largest absolute Gasteiger partial charge is 0.349 e. The molecule has 1 aromatic heterocycles. The predicted octanol–water partition coefficient (Wildman–Crippen LogP) is 1.36. The van der Waals surface area contributed by atoms with E-state index in [-0.39, 0.29) is 0 Å². The van der Waals surface area contributed by atoms with Gasteiger partial charge in [-0.25, -0.2) is 4.98 Å². The number of aromatic nitrogens is 1. The first-order valence-electron chi connectivity index (χ1n) is 3.29. The van der Waals surface area contributed by atoms with Crippen molar-refractivity contribution in [2.45, 2.75) is 18.9 Å². The minimum absolute atomic E-state index is 0.331. The second-order valence-corrected chi connectivity index (χ2v) is 3.83. The number of halogens is 1. The van der Waals surface area contributed by atoms with Gasteiger partial charge in [-0.2, -0.15) is 8.42 Å². The third-order valence-electron chi connectivity index (χ3n) is 1.40. The van der Waals surface area contributed by atoms with Gasteiger partial charge in [-0.05, 0) is 25.0 Å². The molecule has 0 N–H and O–H groups in total. The smallest absolute Gasteiger partial charge is 0.242 e. The van der Waals surface area contributed by atoms with Crippen LogP contribution in [0.5, 0.6) is 0 Å². The van der Waals surface area contributed by atoms with E-state index < -0.39 is 15.2 Å². The molecule has 0 bridgehead atoms. The van der Waals surface area contributed by atoms with Gasteiger partial charge in [0.2, 0.25) is 0 Å². The fourth-order valence-corrected chi connectivity index (χ4v) is 1.58. The lowest BCUT2D eigenvalue weighted by Crippen LogP contribution is -1.99. The molecule has 0 aliphatic rings. The molecular formula is C7H8FNO2S. The average Bonchev–Trinajstić information content (AvgIpc) is 1.83. The SMILES string of the molecule is Cc1cnc(S(=O)(=O)F)c(C)c1. The van der Waals surface area contributed by atoms with E-state index in [4.69, 9.17) is 0 Å². The van der Waals surface area contributed by atoms with Crippen molar-refractivity contribution in [1.29, 1.82) is 0 Å². The van der Waals surface area contributed by atoms with Crippen molar-refractivity contribution in [1.82, 2.24) is 4.98 Å². The second-order valence-electron chi connectivity index (χ2n) is 2.57. The van der Waals surface area contributed by atoms with Crippen molar-refractivity contribution in [3.05, 3.63) is 23.4 Å². The monoisotopic (exact) mass is 189 g/mol. The summed E-state index contributed by atoms with van der Waals surface area (Å²) in [6, 6.07) is 1.57. The molecule has 1 aromatic rings. The van der Waals surface area contributed by atoms with E-state index in [0.717, 1.165) is 5.56 Å². The number of hydrogen-bond acceptors (Lipinski definition) is 3. The number of aryl methyl sites for hydroxylation is 2. The Morgan fingerprint density at radius 1 is 1.42 bits per heavy atom. The van der Waals surface area contributed by atoms with Gasteiger partial charge in [-0.3, -0.25) is 0 Å². The molecule has 5 heteroatoms. The van der Waals surface area contributed by atoms with Crippen molar-refractivity contribution in [2.24, 2.45) is 0 Å². The fraction of sp³-hybridized carbons (Fsp3) is 0.286. The Balaban J connectivity index is 3.39. The summed E-state index contributed by atoms with van der Waals surface area (Å²) >= 11 is 0. The van der Waals surface area contributed by atoms with Gasteiger partial charge in [0.05, 0.1) is 0 Å². The highest BCUT2D eigenvalue weighted by atomic mass is 32.3. The maximum absolute atomic E-state index is 12.4. The third kappa shape index (κ3) is 1.79. The minimum atomic E-state index is -4.66. The molecule has 0 atom stereocenters. The molecule has 0 amide bonds. The van der Waals surface area contributed by atoms with Crippen LogP contribution in [0.25, 0.3) is 0 Å². The Kier molecular flexibility index (Phi) is 2.14. The molecule has 0 radical (unpaired) electrons. The highest BCUT2D eigenvalue weighted by molar-refractivity contribution is 7.86. The number of nitrogens with zero attached hydrogens (tertiary/aromatic N) is 1. The van der Waals surface area contributed by atoms with Crippen LogP contribution >= 0.6 is 0 Å². The standard InChI is InChI=1S/C7H8FNO2S/c1-5-3-6(2)7(9-4-5)12(8,10)11/h3-4H,1-2H3. The normalized spacial score (nSPS) is 11.6. The molecule has 0 aliphatic carbocycles. The van der Waals surface area contributed by atoms with E-state index in [1.165, 1.54) is 13.1 Å². The van der Waals surface area contributed by atoms with E-state index in [2.05, 4.69) is 4.98 Å². The van der Waals surface area contributed by atoms with E-state index in [0.29, 0.717) is 5.56 Å². The minimum Gasteiger partial charge on any atom is -0.242 e. The zero-order chi connectivity index (χ0) is 9.35. The molecule has 66 valence electrons. The predicted molar refractivity (Wildman–Crippen MR) is 42.0 cm³/mol. The van der Waals surface area contributed by atoms with Gasteiger partial charge in [0, 0.05) is 6.20 Å². The number of pyridine rings is 1. The lowest BCUT2D eigenvalue weighted by Gasteiger charge is -1.99. The Hall–Kier alpha value is -0.970. The van der Waals surface area contributed by atoms with Crippen LogP contribution in [0.15, 0.2) is 17.3 Å². The topological polar surface area (TPSA) is 47.0 Å². The zero-order valence-corrected chi connectivity index (χ0v) is 7.52.